The SMILES string of the molecule is CCCC1CCC(O)C(CN(CC)Cc2cccs2)C1. The molecule has 0 saturated heterocycles. The van der Waals surface area contributed by atoms with E-state index in [0.29, 0.717) is 5.92 Å². The molecule has 2 nitrogen and oxygen atoms in total. The van der Waals surface area contributed by atoms with E-state index >= 15 is 0 Å². The maximum Gasteiger partial charge on any atom is 0.0580 e. The molecule has 20 heavy (non-hydrogen) atoms. The van der Waals surface area contributed by atoms with Crippen molar-refractivity contribution >= 4 is 11.3 Å². The Morgan fingerprint density at radius 1 is 1.35 bits per heavy atom. The van der Waals surface area contributed by atoms with Crippen molar-refractivity contribution < 1.29 is 5.11 Å². The monoisotopic (exact) mass is 295 g/mol. The minimum atomic E-state index is -0.0829. The summed E-state index contributed by atoms with van der Waals surface area (Å²) in [5.41, 5.74) is 0. The Balaban J connectivity index is 1.87. The smallest absolute Gasteiger partial charge is 0.0580 e. The van der Waals surface area contributed by atoms with Crippen LogP contribution in [0.3, 0.4) is 0 Å². The summed E-state index contributed by atoms with van der Waals surface area (Å²) in [6, 6.07) is 4.34. The summed E-state index contributed by atoms with van der Waals surface area (Å²) in [6.07, 6.45) is 5.98. The highest BCUT2D eigenvalue weighted by Gasteiger charge is 2.29. The number of rotatable bonds is 7. The van der Waals surface area contributed by atoms with Crippen LogP contribution in [0.15, 0.2) is 17.5 Å². The molecule has 0 amide bonds. The zero-order valence-corrected chi connectivity index (χ0v) is 13.7. The average molecular weight is 295 g/mol. The van der Waals surface area contributed by atoms with Gasteiger partial charge in [-0.1, -0.05) is 32.8 Å². The van der Waals surface area contributed by atoms with Gasteiger partial charge in [-0.2, -0.15) is 0 Å². The minimum Gasteiger partial charge on any atom is -0.393 e. The van der Waals surface area contributed by atoms with Gasteiger partial charge in [0.25, 0.3) is 0 Å². The molecule has 1 aromatic rings. The summed E-state index contributed by atoms with van der Waals surface area (Å²) < 4.78 is 0. The fourth-order valence-electron chi connectivity index (χ4n) is 3.47. The van der Waals surface area contributed by atoms with Gasteiger partial charge in [-0.05, 0) is 49.1 Å². The number of aliphatic hydroxyl groups excluding tert-OH is 1. The summed E-state index contributed by atoms with van der Waals surface area (Å²) in [5, 5.41) is 12.5. The summed E-state index contributed by atoms with van der Waals surface area (Å²) >= 11 is 1.83. The van der Waals surface area contributed by atoms with Gasteiger partial charge in [0.15, 0.2) is 0 Å². The second-order valence-electron chi connectivity index (χ2n) is 6.20. The van der Waals surface area contributed by atoms with Gasteiger partial charge in [0.1, 0.15) is 0 Å². The number of thiophene rings is 1. The molecule has 1 saturated carbocycles. The normalized spacial score (nSPS) is 27.1. The third-order valence-corrected chi connectivity index (χ3v) is 5.51. The summed E-state index contributed by atoms with van der Waals surface area (Å²) in [7, 11) is 0. The molecule has 1 aliphatic carbocycles. The predicted molar refractivity (Wildman–Crippen MR) is 87.0 cm³/mol. The summed E-state index contributed by atoms with van der Waals surface area (Å²) in [4.78, 5) is 3.93. The van der Waals surface area contributed by atoms with Crippen LogP contribution in [0.4, 0.5) is 0 Å². The fraction of sp³-hybridized carbons (Fsp3) is 0.765. The predicted octanol–water partition coefficient (Wildman–Crippen LogP) is 4.15. The molecule has 3 heteroatoms. The first-order valence-electron chi connectivity index (χ1n) is 8.15. The third-order valence-electron chi connectivity index (χ3n) is 4.65. The van der Waals surface area contributed by atoms with Gasteiger partial charge in [-0.3, -0.25) is 4.90 Å². The van der Waals surface area contributed by atoms with Crippen LogP contribution in [0.25, 0.3) is 0 Å². The zero-order valence-electron chi connectivity index (χ0n) is 12.9. The van der Waals surface area contributed by atoms with Crippen molar-refractivity contribution in [2.45, 2.75) is 58.6 Å². The Hall–Kier alpha value is -0.380. The first kappa shape index (κ1) is 16.0. The van der Waals surface area contributed by atoms with E-state index in [4.69, 9.17) is 0 Å². The largest absolute Gasteiger partial charge is 0.393 e. The molecule has 1 fully saturated rings. The van der Waals surface area contributed by atoms with Gasteiger partial charge in [0, 0.05) is 18.0 Å². The van der Waals surface area contributed by atoms with Gasteiger partial charge in [0.05, 0.1) is 6.10 Å². The van der Waals surface area contributed by atoms with Crippen LogP contribution < -0.4 is 0 Å². The van der Waals surface area contributed by atoms with Gasteiger partial charge >= 0.3 is 0 Å². The van der Waals surface area contributed by atoms with Crippen molar-refractivity contribution in [1.82, 2.24) is 4.90 Å². The molecule has 114 valence electrons. The lowest BCUT2D eigenvalue weighted by Crippen LogP contribution is -2.38. The molecule has 0 aromatic carbocycles. The van der Waals surface area contributed by atoms with Crippen LogP contribution in [-0.2, 0) is 6.54 Å². The summed E-state index contributed by atoms with van der Waals surface area (Å²) in [6.45, 7) is 7.66. The Morgan fingerprint density at radius 3 is 2.85 bits per heavy atom. The molecule has 0 bridgehead atoms. The van der Waals surface area contributed by atoms with E-state index in [9.17, 15) is 5.11 Å². The number of aliphatic hydroxyl groups is 1. The molecule has 1 heterocycles. The number of hydrogen-bond donors (Lipinski definition) is 1. The first-order chi connectivity index (χ1) is 9.72. The Bertz CT molecular complexity index is 365. The molecule has 1 aromatic heterocycles. The molecule has 3 unspecified atom stereocenters. The van der Waals surface area contributed by atoms with Crippen LogP contribution >= 0.6 is 11.3 Å². The zero-order chi connectivity index (χ0) is 14.4. The van der Waals surface area contributed by atoms with E-state index in [1.165, 1.54) is 30.6 Å². The standard InChI is InChI=1S/C17H29NOS/c1-3-6-14-8-9-17(19)15(11-14)12-18(4-2)13-16-7-5-10-20-16/h5,7,10,14-15,17,19H,3-4,6,8-9,11-13H2,1-2H3. The van der Waals surface area contributed by atoms with Crippen molar-refractivity contribution in [1.29, 1.82) is 0 Å². The van der Waals surface area contributed by atoms with Gasteiger partial charge in [-0.15, -0.1) is 11.3 Å². The highest BCUT2D eigenvalue weighted by Crippen LogP contribution is 2.33. The van der Waals surface area contributed by atoms with Crippen LogP contribution in [0, 0.1) is 11.8 Å². The van der Waals surface area contributed by atoms with Crippen LogP contribution in [0.2, 0.25) is 0 Å². The lowest BCUT2D eigenvalue weighted by Gasteiger charge is -2.36. The molecular formula is C17H29NOS. The van der Waals surface area contributed by atoms with Crippen molar-refractivity contribution in [3.8, 4) is 0 Å². The van der Waals surface area contributed by atoms with Gasteiger partial charge < -0.3 is 5.11 Å². The molecular weight excluding hydrogens is 266 g/mol. The van der Waals surface area contributed by atoms with E-state index < -0.39 is 0 Å². The molecule has 3 atom stereocenters. The highest BCUT2D eigenvalue weighted by atomic mass is 32.1. The molecule has 1 N–H and O–H groups in total. The lowest BCUT2D eigenvalue weighted by atomic mass is 9.77. The molecule has 2 rings (SSSR count). The van der Waals surface area contributed by atoms with E-state index in [0.717, 1.165) is 32.0 Å². The van der Waals surface area contributed by atoms with Crippen LogP contribution in [0.1, 0.15) is 50.8 Å². The third kappa shape index (κ3) is 4.57. The fourth-order valence-corrected chi connectivity index (χ4v) is 4.22. The number of hydrogen-bond acceptors (Lipinski definition) is 3. The Kier molecular flexibility index (Phi) is 6.53. The quantitative estimate of drug-likeness (QED) is 0.817. The molecule has 1 aliphatic rings. The maximum atomic E-state index is 10.3. The van der Waals surface area contributed by atoms with Gasteiger partial charge in [-0.25, -0.2) is 0 Å². The minimum absolute atomic E-state index is 0.0829. The van der Waals surface area contributed by atoms with Crippen molar-refractivity contribution in [3.63, 3.8) is 0 Å². The topological polar surface area (TPSA) is 23.5 Å². The average Bonchev–Trinajstić information content (AvgIpc) is 2.95. The lowest BCUT2D eigenvalue weighted by molar-refractivity contribution is 0.0253. The van der Waals surface area contributed by atoms with Crippen molar-refractivity contribution in [2.75, 3.05) is 13.1 Å². The highest BCUT2D eigenvalue weighted by molar-refractivity contribution is 7.09. The van der Waals surface area contributed by atoms with E-state index in [-0.39, 0.29) is 6.10 Å². The molecule has 0 spiro atoms. The van der Waals surface area contributed by atoms with Crippen molar-refractivity contribution in [3.05, 3.63) is 22.4 Å². The van der Waals surface area contributed by atoms with E-state index in [1.807, 2.05) is 11.3 Å². The Morgan fingerprint density at radius 2 is 2.20 bits per heavy atom. The van der Waals surface area contributed by atoms with E-state index in [1.54, 1.807) is 0 Å². The van der Waals surface area contributed by atoms with Crippen LogP contribution in [-0.4, -0.2) is 29.2 Å². The first-order valence-corrected chi connectivity index (χ1v) is 9.03. The second-order valence-corrected chi connectivity index (χ2v) is 7.23. The van der Waals surface area contributed by atoms with Crippen LogP contribution in [0.5, 0.6) is 0 Å². The summed E-state index contributed by atoms with van der Waals surface area (Å²) in [5.74, 6) is 1.31. The van der Waals surface area contributed by atoms with Gasteiger partial charge in [0.2, 0.25) is 0 Å². The molecule has 0 radical (unpaired) electrons. The molecule has 0 aliphatic heterocycles. The Labute approximate surface area is 127 Å². The maximum absolute atomic E-state index is 10.3. The van der Waals surface area contributed by atoms with Crippen molar-refractivity contribution in [2.24, 2.45) is 11.8 Å². The second kappa shape index (κ2) is 8.16. The number of nitrogens with zero attached hydrogens (tertiary/aromatic N) is 1. The van der Waals surface area contributed by atoms with E-state index in [2.05, 4.69) is 36.3 Å².